The average Bonchev–Trinajstić information content (AvgIpc) is 3.60. The van der Waals surface area contributed by atoms with Crippen molar-refractivity contribution in [2.75, 3.05) is 18.8 Å². The van der Waals surface area contributed by atoms with E-state index in [2.05, 4.69) is 20.3 Å². The molecular weight excluding hydrogens is 530 g/mol. The smallest absolute Gasteiger partial charge is 0.410 e. The fraction of sp³-hybridized carbons (Fsp3) is 0.536. The number of nitrogens with zero attached hydrogens (tertiary/aromatic N) is 5. The first-order chi connectivity index (χ1) is 19.8. The van der Waals surface area contributed by atoms with Crippen molar-refractivity contribution in [3.63, 3.8) is 0 Å². The Labute approximate surface area is 236 Å². The summed E-state index contributed by atoms with van der Waals surface area (Å²) in [6.45, 7) is 3.20. The fourth-order valence-corrected chi connectivity index (χ4v) is 5.41. The van der Waals surface area contributed by atoms with E-state index in [4.69, 9.17) is 15.2 Å². The highest BCUT2D eigenvalue weighted by Gasteiger charge is 2.48. The van der Waals surface area contributed by atoms with Crippen LogP contribution in [0.25, 0.3) is 11.2 Å². The molecule has 3 aliphatic rings. The minimum Gasteiger partial charge on any atom is -0.410 e. The number of imidazole rings is 1. The molecule has 5 N–H and O–H groups in total. The van der Waals surface area contributed by atoms with Crippen molar-refractivity contribution in [1.82, 2.24) is 29.7 Å². The van der Waals surface area contributed by atoms with Crippen LogP contribution in [-0.2, 0) is 16.0 Å². The van der Waals surface area contributed by atoms with Gasteiger partial charge in [-0.15, -0.1) is 0 Å². The summed E-state index contributed by atoms with van der Waals surface area (Å²) in [7, 11) is 0. The number of nitrogen functional groups attached to an aromatic ring is 1. The molecule has 1 unspecified atom stereocenters. The normalized spacial score (nSPS) is 25.0. The summed E-state index contributed by atoms with van der Waals surface area (Å²) < 4.78 is 12.8. The molecule has 2 amide bonds. The number of likely N-dealkylation sites (tertiary alicyclic amines) is 1. The first kappa shape index (κ1) is 27.4. The molecule has 2 saturated heterocycles. The van der Waals surface area contributed by atoms with Crippen molar-refractivity contribution in [2.24, 2.45) is 5.92 Å². The van der Waals surface area contributed by atoms with E-state index in [1.165, 1.54) is 10.9 Å². The summed E-state index contributed by atoms with van der Waals surface area (Å²) in [5, 5.41) is 24.0. The first-order valence-corrected chi connectivity index (χ1v) is 14.1. The van der Waals surface area contributed by atoms with E-state index in [9.17, 15) is 19.8 Å². The number of rotatable bonds is 7. The van der Waals surface area contributed by atoms with Crippen LogP contribution in [0.5, 0.6) is 5.75 Å². The predicted octanol–water partition coefficient (Wildman–Crippen LogP) is 1.46. The Morgan fingerprint density at radius 2 is 1.83 bits per heavy atom. The summed E-state index contributed by atoms with van der Waals surface area (Å²) in [5.41, 5.74) is 8.01. The number of carbonyl (C=O) groups is 2. The van der Waals surface area contributed by atoms with Crippen molar-refractivity contribution in [1.29, 1.82) is 0 Å². The maximum Gasteiger partial charge on any atom is 0.415 e. The van der Waals surface area contributed by atoms with Crippen LogP contribution < -0.4 is 15.8 Å². The zero-order valence-electron chi connectivity index (χ0n) is 22.8. The highest BCUT2D eigenvalue weighted by Crippen LogP contribution is 2.33. The Morgan fingerprint density at radius 1 is 1.10 bits per heavy atom. The molecule has 1 aliphatic carbocycles. The highest BCUT2D eigenvalue weighted by atomic mass is 16.6. The Kier molecular flexibility index (Phi) is 7.49. The Balaban J connectivity index is 1.07. The number of anilines is 1. The van der Waals surface area contributed by atoms with E-state index in [1.54, 1.807) is 17.0 Å². The molecule has 0 radical (unpaired) electrons. The number of aliphatic hydroxyl groups excluding tert-OH is 2. The lowest BCUT2D eigenvalue weighted by Gasteiger charge is -2.31. The van der Waals surface area contributed by atoms with Crippen LogP contribution in [0.3, 0.4) is 0 Å². The lowest BCUT2D eigenvalue weighted by atomic mass is 9.92. The Morgan fingerprint density at radius 3 is 2.54 bits per heavy atom. The number of piperidine rings is 1. The number of nitrogens with one attached hydrogen (secondary N) is 1. The van der Waals surface area contributed by atoms with Crippen molar-refractivity contribution < 1.29 is 29.3 Å². The maximum atomic E-state index is 12.6. The van der Waals surface area contributed by atoms with Gasteiger partial charge in [0.1, 0.15) is 29.3 Å². The number of ether oxygens (including phenoxy) is 2. The molecule has 3 fully saturated rings. The second-order valence-corrected chi connectivity index (χ2v) is 11.2. The molecule has 1 aromatic carbocycles. The molecule has 2 aliphatic heterocycles. The third kappa shape index (κ3) is 5.83. The Bertz CT molecular complexity index is 1420. The van der Waals surface area contributed by atoms with Gasteiger partial charge >= 0.3 is 6.09 Å². The number of nitrogens with two attached hydrogens (primary N) is 1. The molecule has 0 bridgehead atoms. The molecule has 3 aromatic rings. The third-order valence-electron chi connectivity index (χ3n) is 8.06. The van der Waals surface area contributed by atoms with Gasteiger partial charge in [-0.25, -0.2) is 19.7 Å². The number of hydrogen-bond donors (Lipinski definition) is 4. The van der Waals surface area contributed by atoms with Crippen LogP contribution in [0.2, 0.25) is 0 Å². The second kappa shape index (κ2) is 11.2. The number of aryl methyl sites for hydroxylation is 2. The summed E-state index contributed by atoms with van der Waals surface area (Å²) in [6.07, 6.45) is 0.908. The predicted molar refractivity (Wildman–Crippen MR) is 147 cm³/mol. The van der Waals surface area contributed by atoms with Crippen LogP contribution in [0.1, 0.15) is 49.7 Å². The molecule has 0 spiro atoms. The molecule has 4 atom stereocenters. The summed E-state index contributed by atoms with van der Waals surface area (Å²) in [6, 6.07) is 7.50. The van der Waals surface area contributed by atoms with E-state index < -0.39 is 30.4 Å². The van der Waals surface area contributed by atoms with E-state index in [1.807, 2.05) is 19.1 Å². The van der Waals surface area contributed by atoms with Crippen LogP contribution in [-0.4, -0.2) is 84.1 Å². The van der Waals surface area contributed by atoms with E-state index in [-0.39, 0.29) is 18.0 Å². The van der Waals surface area contributed by atoms with E-state index in [0.29, 0.717) is 48.2 Å². The second-order valence-electron chi connectivity index (χ2n) is 11.2. The minimum absolute atomic E-state index is 0.0957. The number of fused-ring (bicyclic) bond motifs is 1. The zero-order chi connectivity index (χ0) is 28.7. The van der Waals surface area contributed by atoms with E-state index in [0.717, 1.165) is 37.7 Å². The van der Waals surface area contributed by atoms with Gasteiger partial charge in [-0.1, -0.05) is 17.7 Å². The zero-order valence-corrected chi connectivity index (χ0v) is 22.8. The maximum absolute atomic E-state index is 12.6. The number of hydrogen-bond acceptors (Lipinski definition) is 10. The molecule has 13 heteroatoms. The van der Waals surface area contributed by atoms with Crippen LogP contribution in [0, 0.1) is 12.8 Å². The summed E-state index contributed by atoms with van der Waals surface area (Å²) >= 11 is 0. The van der Waals surface area contributed by atoms with Crippen LogP contribution in [0.4, 0.5) is 10.6 Å². The molecule has 218 valence electrons. The molecule has 41 heavy (non-hydrogen) atoms. The minimum atomic E-state index is -1.39. The molecule has 2 aromatic heterocycles. The average molecular weight is 566 g/mol. The lowest BCUT2D eigenvalue weighted by molar-refractivity contribution is -0.137. The third-order valence-corrected chi connectivity index (χ3v) is 8.06. The summed E-state index contributed by atoms with van der Waals surface area (Å²) in [4.78, 5) is 40.2. The van der Waals surface area contributed by atoms with Gasteiger partial charge in [0.15, 0.2) is 23.8 Å². The van der Waals surface area contributed by atoms with Gasteiger partial charge in [0.25, 0.3) is 5.91 Å². The number of benzene rings is 1. The van der Waals surface area contributed by atoms with Crippen LogP contribution in [0.15, 0.2) is 30.6 Å². The Hall–Kier alpha value is -3.81. The van der Waals surface area contributed by atoms with Crippen molar-refractivity contribution in [3.8, 4) is 5.75 Å². The largest absolute Gasteiger partial charge is 0.415 e. The quantitative estimate of drug-likeness (QED) is 0.328. The van der Waals surface area contributed by atoms with E-state index >= 15 is 0 Å². The van der Waals surface area contributed by atoms with Gasteiger partial charge in [-0.05, 0) is 57.1 Å². The van der Waals surface area contributed by atoms with Gasteiger partial charge in [0, 0.05) is 25.6 Å². The molecule has 1 saturated carbocycles. The van der Waals surface area contributed by atoms with Crippen molar-refractivity contribution in [2.45, 2.75) is 76.0 Å². The molecule has 13 nitrogen and oxygen atoms in total. The molecule has 6 rings (SSSR count). The van der Waals surface area contributed by atoms with Gasteiger partial charge in [-0.3, -0.25) is 9.36 Å². The number of aromatic nitrogens is 4. The van der Waals surface area contributed by atoms with Crippen molar-refractivity contribution >= 4 is 29.0 Å². The number of amides is 2. The first-order valence-electron chi connectivity index (χ1n) is 14.1. The monoisotopic (exact) mass is 565 g/mol. The van der Waals surface area contributed by atoms with Gasteiger partial charge in [0.05, 0.1) is 6.33 Å². The van der Waals surface area contributed by atoms with Crippen molar-refractivity contribution in [3.05, 3.63) is 42.0 Å². The molecular formula is C28H35N7O6. The van der Waals surface area contributed by atoms with Gasteiger partial charge < -0.3 is 35.6 Å². The number of aliphatic hydroxyl groups is 2. The SMILES string of the molecule is Cc1ccc(OC(=O)N2CCC(CCc3nc(N)c4ncn([C@@H]5O[C@H](C(=O)NC6CC6)[C@H](O)C5O)c4n3)CC2)cc1. The van der Waals surface area contributed by atoms with Crippen LogP contribution >= 0.6 is 0 Å². The van der Waals surface area contributed by atoms with Gasteiger partial charge in [-0.2, -0.15) is 0 Å². The topological polar surface area (TPSA) is 178 Å². The molecule has 4 heterocycles. The number of carbonyl (C=O) groups excluding carboxylic acids is 2. The lowest BCUT2D eigenvalue weighted by Crippen LogP contribution is -2.43. The fourth-order valence-electron chi connectivity index (χ4n) is 5.41. The summed E-state index contributed by atoms with van der Waals surface area (Å²) in [5.74, 6) is 1.19. The highest BCUT2D eigenvalue weighted by molar-refractivity contribution is 5.83. The standard InChI is InChI=1S/C28H35N7O6/c1-15-2-7-18(8-3-15)40-28(39)34-12-10-16(11-13-34)4-9-19-32-24(29)20-25(33-19)35(14-30-20)27-22(37)21(36)23(41-27)26(38)31-17-5-6-17/h2-3,7-8,14,16-17,21-23,27,36-37H,4-6,9-13H2,1H3,(H,31,38)(H2,29,32,33)/t21-,22?,23+,27-/m1/s1. The van der Waals surface area contributed by atoms with Gasteiger partial charge in [0.2, 0.25) is 0 Å².